The number of fused-ring (bicyclic) bond motifs is 4. The van der Waals surface area contributed by atoms with Gasteiger partial charge in [-0.05, 0) is 101 Å². The molecule has 3 heteroatoms. The molecule has 260 valence electrons. The summed E-state index contributed by atoms with van der Waals surface area (Å²) in [5, 5.41) is 4.79. The van der Waals surface area contributed by atoms with Crippen LogP contribution in [0.3, 0.4) is 0 Å². The predicted octanol–water partition coefficient (Wildman–Crippen LogP) is 14.5. The summed E-state index contributed by atoms with van der Waals surface area (Å²) in [6, 6.07) is 80.7. The average molecular weight is 704 g/mol. The molecular formula is C52H37N3. The second kappa shape index (κ2) is 13.9. The van der Waals surface area contributed by atoms with Crippen molar-refractivity contribution >= 4 is 66.7 Å². The quantitative estimate of drug-likeness (QED) is 0.156. The summed E-state index contributed by atoms with van der Waals surface area (Å²) < 4.78 is 2.45. The van der Waals surface area contributed by atoms with Gasteiger partial charge in [0.05, 0.1) is 22.4 Å². The van der Waals surface area contributed by atoms with E-state index in [2.05, 4.69) is 239 Å². The van der Waals surface area contributed by atoms with Crippen LogP contribution in [-0.2, 0) is 0 Å². The van der Waals surface area contributed by atoms with Gasteiger partial charge >= 0.3 is 0 Å². The lowest BCUT2D eigenvalue weighted by atomic mass is 10.0. The molecule has 55 heavy (non-hydrogen) atoms. The molecule has 10 aromatic rings. The lowest BCUT2D eigenvalue weighted by Crippen LogP contribution is -2.14. The third kappa shape index (κ3) is 5.89. The molecule has 0 radical (unpaired) electrons. The van der Waals surface area contributed by atoms with E-state index in [0.717, 1.165) is 50.8 Å². The fourth-order valence-corrected chi connectivity index (χ4v) is 8.02. The zero-order chi connectivity index (χ0) is 36.6. The van der Waals surface area contributed by atoms with Gasteiger partial charge in [0.2, 0.25) is 0 Å². The van der Waals surface area contributed by atoms with Crippen molar-refractivity contribution in [1.82, 2.24) is 4.57 Å². The van der Waals surface area contributed by atoms with Gasteiger partial charge in [0.1, 0.15) is 0 Å². The van der Waals surface area contributed by atoms with Crippen molar-refractivity contribution in [1.29, 1.82) is 0 Å². The number of benzene rings is 9. The van der Waals surface area contributed by atoms with E-state index < -0.39 is 0 Å². The van der Waals surface area contributed by atoms with Crippen LogP contribution in [0.2, 0.25) is 0 Å². The molecule has 0 aliphatic heterocycles. The highest BCUT2D eigenvalue weighted by molar-refractivity contribution is 6.18. The molecule has 1 heterocycles. The van der Waals surface area contributed by atoms with Crippen LogP contribution in [0.5, 0.6) is 0 Å². The smallest absolute Gasteiger partial charge is 0.0583 e. The highest BCUT2D eigenvalue weighted by atomic mass is 15.2. The molecule has 9 aromatic carbocycles. The summed E-state index contributed by atoms with van der Waals surface area (Å²) in [6.45, 7) is 0. The molecule has 3 nitrogen and oxygen atoms in total. The first-order valence-electron chi connectivity index (χ1n) is 18.8. The number of aromatic nitrogens is 1. The highest BCUT2D eigenvalue weighted by Crippen LogP contribution is 2.48. The Balaban J connectivity index is 1.34. The Labute approximate surface area is 321 Å². The molecule has 0 spiro atoms. The maximum atomic E-state index is 2.45. The van der Waals surface area contributed by atoms with E-state index in [1.54, 1.807) is 0 Å². The number of hydrogen-bond donors (Lipinski definition) is 0. The first kappa shape index (κ1) is 32.3. The van der Waals surface area contributed by atoms with Crippen molar-refractivity contribution in [3.8, 4) is 16.8 Å². The van der Waals surface area contributed by atoms with Gasteiger partial charge < -0.3 is 14.4 Å². The lowest BCUT2D eigenvalue weighted by Gasteiger charge is -2.30. The average Bonchev–Trinajstić information content (AvgIpc) is 3.60. The summed E-state index contributed by atoms with van der Waals surface area (Å²) >= 11 is 0. The van der Waals surface area contributed by atoms with E-state index in [4.69, 9.17) is 0 Å². The minimum Gasteiger partial charge on any atom is -0.310 e. The third-order valence-electron chi connectivity index (χ3n) is 10.5. The molecule has 0 aliphatic rings. The van der Waals surface area contributed by atoms with E-state index in [1.165, 1.54) is 32.7 Å². The topological polar surface area (TPSA) is 11.4 Å². The Kier molecular flexibility index (Phi) is 8.16. The molecule has 0 amide bonds. The number of para-hydroxylation sites is 4. The summed E-state index contributed by atoms with van der Waals surface area (Å²) in [4.78, 5) is 4.80. The Morgan fingerprint density at radius 3 is 1.56 bits per heavy atom. The normalized spacial score (nSPS) is 11.3. The Morgan fingerprint density at radius 1 is 0.309 bits per heavy atom. The molecule has 0 atom stereocenters. The van der Waals surface area contributed by atoms with Crippen molar-refractivity contribution in [3.63, 3.8) is 0 Å². The van der Waals surface area contributed by atoms with Crippen LogP contribution in [0.25, 0.3) is 49.4 Å². The van der Waals surface area contributed by atoms with Gasteiger partial charge in [-0.3, -0.25) is 0 Å². The van der Waals surface area contributed by atoms with E-state index in [9.17, 15) is 0 Å². The minimum atomic E-state index is 1.06. The van der Waals surface area contributed by atoms with Gasteiger partial charge in [0, 0.05) is 39.2 Å². The summed E-state index contributed by atoms with van der Waals surface area (Å²) in [5.41, 5.74) is 12.3. The summed E-state index contributed by atoms with van der Waals surface area (Å²) in [6.07, 6.45) is 0. The zero-order valence-corrected chi connectivity index (χ0v) is 30.2. The standard InChI is InChI=1S/C52H37N3/c1-5-18-38(19-6-1)41-22-17-29-45(34-41)55-49-31-16-15-30-48(49)52-50(54(44-27-11-4-12-28-44)46-33-32-39-20-13-14-21-40(39)35-46)36-47(37-51(52)55)53(42-23-7-2-8-24-42)43-25-9-3-10-26-43/h1-37H. The van der Waals surface area contributed by atoms with Gasteiger partial charge in [-0.25, -0.2) is 0 Å². The van der Waals surface area contributed by atoms with Crippen LogP contribution >= 0.6 is 0 Å². The van der Waals surface area contributed by atoms with E-state index in [1.807, 2.05) is 0 Å². The van der Waals surface area contributed by atoms with Gasteiger partial charge in [-0.15, -0.1) is 0 Å². The highest BCUT2D eigenvalue weighted by Gasteiger charge is 2.25. The molecule has 0 N–H and O–H groups in total. The van der Waals surface area contributed by atoms with Gasteiger partial charge in [-0.2, -0.15) is 0 Å². The molecule has 10 rings (SSSR count). The molecule has 0 aliphatic carbocycles. The van der Waals surface area contributed by atoms with Crippen LogP contribution in [0.15, 0.2) is 224 Å². The Morgan fingerprint density at radius 2 is 0.873 bits per heavy atom. The molecule has 0 saturated carbocycles. The molecule has 0 saturated heterocycles. The van der Waals surface area contributed by atoms with E-state index >= 15 is 0 Å². The van der Waals surface area contributed by atoms with Crippen LogP contribution in [0, 0.1) is 0 Å². The largest absolute Gasteiger partial charge is 0.310 e. The molecule has 0 fully saturated rings. The van der Waals surface area contributed by atoms with Crippen LogP contribution in [0.1, 0.15) is 0 Å². The maximum absolute atomic E-state index is 2.45. The summed E-state index contributed by atoms with van der Waals surface area (Å²) in [7, 11) is 0. The van der Waals surface area contributed by atoms with E-state index in [0.29, 0.717) is 0 Å². The number of hydrogen-bond acceptors (Lipinski definition) is 2. The van der Waals surface area contributed by atoms with Crippen LogP contribution in [0.4, 0.5) is 34.1 Å². The van der Waals surface area contributed by atoms with Crippen molar-refractivity contribution in [3.05, 3.63) is 224 Å². The fourth-order valence-electron chi connectivity index (χ4n) is 8.02. The SMILES string of the molecule is c1ccc(-c2cccc(-n3c4ccccc4c4c(N(c5ccccc5)c5ccc6ccccc6c5)cc(N(c5ccccc5)c5ccccc5)cc43)c2)cc1. The van der Waals surface area contributed by atoms with Crippen LogP contribution < -0.4 is 9.80 Å². The van der Waals surface area contributed by atoms with Crippen molar-refractivity contribution in [2.45, 2.75) is 0 Å². The van der Waals surface area contributed by atoms with Crippen molar-refractivity contribution < 1.29 is 0 Å². The Bertz CT molecular complexity index is 2880. The molecule has 0 unspecified atom stereocenters. The van der Waals surface area contributed by atoms with Gasteiger partial charge in [0.15, 0.2) is 0 Å². The fraction of sp³-hybridized carbons (Fsp3) is 0. The number of rotatable bonds is 8. The summed E-state index contributed by atoms with van der Waals surface area (Å²) in [5.74, 6) is 0. The predicted molar refractivity (Wildman–Crippen MR) is 233 cm³/mol. The molecule has 1 aromatic heterocycles. The molecule has 0 bridgehead atoms. The monoisotopic (exact) mass is 703 g/mol. The van der Waals surface area contributed by atoms with Gasteiger partial charge in [0.25, 0.3) is 0 Å². The lowest BCUT2D eigenvalue weighted by molar-refractivity contribution is 1.17. The van der Waals surface area contributed by atoms with Gasteiger partial charge in [-0.1, -0.05) is 146 Å². The van der Waals surface area contributed by atoms with Crippen LogP contribution in [-0.4, -0.2) is 4.57 Å². The second-order valence-electron chi connectivity index (χ2n) is 13.8. The first-order chi connectivity index (χ1) is 27.3. The second-order valence-corrected chi connectivity index (χ2v) is 13.8. The van der Waals surface area contributed by atoms with E-state index in [-0.39, 0.29) is 0 Å². The van der Waals surface area contributed by atoms with Crippen molar-refractivity contribution in [2.24, 2.45) is 0 Å². The number of anilines is 6. The Hall–Kier alpha value is -7.36. The first-order valence-corrected chi connectivity index (χ1v) is 18.8. The zero-order valence-electron chi connectivity index (χ0n) is 30.2. The molecular weight excluding hydrogens is 667 g/mol. The maximum Gasteiger partial charge on any atom is 0.0583 e. The minimum absolute atomic E-state index is 1.06. The number of nitrogens with zero attached hydrogens (tertiary/aromatic N) is 3. The van der Waals surface area contributed by atoms with Crippen molar-refractivity contribution in [2.75, 3.05) is 9.80 Å². The third-order valence-corrected chi connectivity index (χ3v) is 10.5.